The van der Waals surface area contributed by atoms with Gasteiger partial charge in [-0.15, -0.1) is 0 Å². The number of fused-ring (bicyclic) bond motifs is 3. The molecule has 22 heavy (non-hydrogen) atoms. The molecule has 2 aromatic heterocycles. The average Bonchev–Trinajstić information content (AvgIpc) is 3.06. The molecule has 1 fully saturated rings. The lowest BCUT2D eigenvalue weighted by Gasteiger charge is -2.18. The van der Waals surface area contributed by atoms with Crippen molar-refractivity contribution in [3.05, 3.63) is 33.6 Å². The van der Waals surface area contributed by atoms with E-state index < -0.39 is 0 Å². The first kappa shape index (κ1) is 13.7. The van der Waals surface area contributed by atoms with Crippen molar-refractivity contribution in [1.29, 1.82) is 0 Å². The van der Waals surface area contributed by atoms with E-state index in [9.17, 15) is 9.90 Å². The fraction of sp³-hybridized carbons (Fsp3) is 0.375. The van der Waals surface area contributed by atoms with Gasteiger partial charge < -0.3 is 10.1 Å². The number of H-pyrrole nitrogens is 1. The molecule has 0 bridgehead atoms. The van der Waals surface area contributed by atoms with Crippen LogP contribution in [0, 0.1) is 0 Å². The first-order valence-corrected chi connectivity index (χ1v) is 8.32. The summed E-state index contributed by atoms with van der Waals surface area (Å²) in [6, 6.07) is 5.58. The van der Waals surface area contributed by atoms with Gasteiger partial charge in [-0.3, -0.25) is 9.69 Å². The number of phenols is 1. The number of phenolic OH excluding ortho intramolecular Hbond substituents is 1. The van der Waals surface area contributed by atoms with Crippen molar-refractivity contribution in [2.75, 3.05) is 6.54 Å². The molecule has 0 spiro atoms. The molecule has 3 heterocycles. The fourth-order valence-corrected chi connectivity index (χ4v) is 4.23. The van der Waals surface area contributed by atoms with Crippen molar-refractivity contribution in [3.63, 3.8) is 0 Å². The molecule has 1 saturated heterocycles. The van der Waals surface area contributed by atoms with Gasteiger partial charge in [-0.05, 0) is 38.4 Å². The van der Waals surface area contributed by atoms with Crippen molar-refractivity contribution >= 4 is 32.5 Å². The largest absolute Gasteiger partial charge is 0.507 e. The van der Waals surface area contributed by atoms with E-state index in [-0.39, 0.29) is 11.3 Å². The molecule has 4 rings (SSSR count). The maximum atomic E-state index is 12.2. The number of nitrogens with zero attached hydrogens (tertiary/aromatic N) is 2. The summed E-state index contributed by atoms with van der Waals surface area (Å²) < 4.78 is 0. The van der Waals surface area contributed by atoms with Crippen LogP contribution in [0.3, 0.4) is 0 Å². The van der Waals surface area contributed by atoms with E-state index in [0.717, 1.165) is 22.9 Å². The number of likely N-dealkylation sites (tertiary alicyclic amines) is 1. The highest BCUT2D eigenvalue weighted by Gasteiger charge is 2.22. The topological polar surface area (TPSA) is 69.2 Å². The van der Waals surface area contributed by atoms with Crippen molar-refractivity contribution < 1.29 is 5.11 Å². The molecule has 0 aliphatic carbocycles. The third-order valence-corrected chi connectivity index (χ3v) is 5.41. The molecule has 1 unspecified atom stereocenters. The Morgan fingerprint density at radius 3 is 3.14 bits per heavy atom. The summed E-state index contributed by atoms with van der Waals surface area (Å²) in [4.78, 5) is 22.9. The van der Waals surface area contributed by atoms with Crippen LogP contribution in [0.1, 0.15) is 24.8 Å². The summed E-state index contributed by atoms with van der Waals surface area (Å²) in [5.41, 5.74) is 0.516. The number of rotatable bonds is 2. The smallest absolute Gasteiger partial charge is 0.257 e. The van der Waals surface area contributed by atoms with E-state index in [1.807, 2.05) is 0 Å². The van der Waals surface area contributed by atoms with Crippen molar-refractivity contribution in [2.24, 2.45) is 0 Å². The normalized spacial score (nSPS) is 19.4. The van der Waals surface area contributed by atoms with E-state index in [1.54, 1.807) is 18.2 Å². The number of thiazole rings is 1. The summed E-state index contributed by atoms with van der Waals surface area (Å²) in [7, 11) is 0. The minimum atomic E-state index is -0.178. The number of pyridine rings is 1. The molecule has 114 valence electrons. The molecule has 0 amide bonds. The molecular formula is C16H17N3O2S. The third-order valence-electron chi connectivity index (χ3n) is 4.45. The summed E-state index contributed by atoms with van der Waals surface area (Å²) in [5, 5.41) is 12.2. The third kappa shape index (κ3) is 2.10. The zero-order valence-corrected chi connectivity index (χ0v) is 13.1. The highest BCUT2D eigenvalue weighted by atomic mass is 32.1. The van der Waals surface area contributed by atoms with Gasteiger partial charge in [-0.25, -0.2) is 4.98 Å². The van der Waals surface area contributed by atoms with Crippen LogP contribution in [-0.4, -0.2) is 32.6 Å². The summed E-state index contributed by atoms with van der Waals surface area (Å²) in [5.74, 6) is 0.111. The molecule has 0 radical (unpaired) electrons. The quantitative estimate of drug-likeness (QED) is 0.763. The number of aromatic hydroxyl groups is 1. The van der Waals surface area contributed by atoms with Gasteiger partial charge in [-0.2, -0.15) is 0 Å². The fourth-order valence-electron chi connectivity index (χ4n) is 3.24. The van der Waals surface area contributed by atoms with Crippen LogP contribution in [-0.2, 0) is 6.54 Å². The summed E-state index contributed by atoms with van der Waals surface area (Å²) in [6.07, 6.45) is 2.46. The van der Waals surface area contributed by atoms with Gasteiger partial charge in [0.25, 0.3) is 5.56 Å². The van der Waals surface area contributed by atoms with Gasteiger partial charge in [0, 0.05) is 6.04 Å². The zero-order valence-electron chi connectivity index (χ0n) is 12.3. The molecule has 6 heteroatoms. The van der Waals surface area contributed by atoms with Crippen LogP contribution < -0.4 is 5.56 Å². The minimum absolute atomic E-state index is 0.111. The maximum Gasteiger partial charge on any atom is 0.257 e. The van der Waals surface area contributed by atoms with Gasteiger partial charge >= 0.3 is 0 Å². The van der Waals surface area contributed by atoms with E-state index in [1.165, 1.54) is 24.2 Å². The predicted molar refractivity (Wildman–Crippen MR) is 88.5 cm³/mol. The lowest BCUT2D eigenvalue weighted by Crippen LogP contribution is -2.25. The monoisotopic (exact) mass is 315 g/mol. The Balaban J connectivity index is 1.87. The van der Waals surface area contributed by atoms with Crippen LogP contribution >= 0.6 is 11.3 Å². The Morgan fingerprint density at radius 2 is 2.36 bits per heavy atom. The molecular weight excluding hydrogens is 298 g/mol. The Labute approximate surface area is 131 Å². The van der Waals surface area contributed by atoms with Crippen molar-refractivity contribution in [1.82, 2.24) is 14.9 Å². The SMILES string of the molecule is CC1CCCN1Cc1nc2c([nH]c(=O)c3cccc(O)c32)s1. The Hall–Kier alpha value is -1.92. The van der Waals surface area contributed by atoms with Gasteiger partial charge in [0.2, 0.25) is 0 Å². The minimum Gasteiger partial charge on any atom is -0.507 e. The van der Waals surface area contributed by atoms with E-state index >= 15 is 0 Å². The van der Waals surface area contributed by atoms with Crippen LogP contribution in [0.25, 0.3) is 21.1 Å². The Morgan fingerprint density at radius 1 is 1.50 bits per heavy atom. The molecule has 1 aliphatic rings. The number of nitrogens with one attached hydrogen (secondary N) is 1. The van der Waals surface area contributed by atoms with Crippen LogP contribution in [0.2, 0.25) is 0 Å². The number of hydrogen-bond donors (Lipinski definition) is 2. The molecule has 1 aromatic carbocycles. The van der Waals surface area contributed by atoms with Gasteiger partial charge in [0.05, 0.1) is 17.3 Å². The number of aromatic amines is 1. The van der Waals surface area contributed by atoms with E-state index in [4.69, 9.17) is 0 Å². The van der Waals surface area contributed by atoms with Crippen LogP contribution in [0.4, 0.5) is 0 Å². The first-order chi connectivity index (χ1) is 10.6. The van der Waals surface area contributed by atoms with Crippen molar-refractivity contribution in [3.8, 4) is 5.75 Å². The highest BCUT2D eigenvalue weighted by Crippen LogP contribution is 2.32. The van der Waals surface area contributed by atoms with Crippen LogP contribution in [0.5, 0.6) is 5.75 Å². The Bertz CT molecular complexity index is 915. The standard InChI is InChI=1S/C16H17N3O2S/c1-9-4-3-7-19(9)8-12-17-14-13-10(5-2-6-11(13)20)15(21)18-16(14)22-12/h2,5-6,9,20H,3-4,7-8H2,1H3,(H,18,21). The molecule has 3 aromatic rings. The molecule has 0 saturated carbocycles. The molecule has 1 atom stereocenters. The number of hydrogen-bond acceptors (Lipinski definition) is 5. The molecule has 1 aliphatic heterocycles. The second kappa shape index (κ2) is 5.07. The highest BCUT2D eigenvalue weighted by molar-refractivity contribution is 7.18. The second-order valence-corrected chi connectivity index (χ2v) is 6.98. The lowest BCUT2D eigenvalue weighted by atomic mass is 10.1. The van der Waals surface area contributed by atoms with Crippen LogP contribution in [0.15, 0.2) is 23.0 Å². The second-order valence-electron chi connectivity index (χ2n) is 5.90. The zero-order chi connectivity index (χ0) is 15.3. The average molecular weight is 315 g/mol. The number of aromatic nitrogens is 2. The first-order valence-electron chi connectivity index (χ1n) is 7.51. The predicted octanol–water partition coefficient (Wildman–Crippen LogP) is 2.83. The lowest BCUT2D eigenvalue weighted by molar-refractivity contribution is 0.260. The molecule has 5 nitrogen and oxygen atoms in total. The Kier molecular flexibility index (Phi) is 3.16. The van der Waals surface area contributed by atoms with Gasteiger partial charge in [0.1, 0.15) is 21.1 Å². The summed E-state index contributed by atoms with van der Waals surface area (Å²) >= 11 is 1.50. The number of benzene rings is 1. The van der Waals surface area contributed by atoms with E-state index in [0.29, 0.717) is 22.3 Å². The maximum absolute atomic E-state index is 12.2. The summed E-state index contributed by atoms with van der Waals surface area (Å²) in [6.45, 7) is 4.14. The molecule has 2 N–H and O–H groups in total. The van der Waals surface area contributed by atoms with E-state index in [2.05, 4.69) is 21.8 Å². The van der Waals surface area contributed by atoms with Gasteiger partial charge in [-0.1, -0.05) is 17.4 Å². The van der Waals surface area contributed by atoms with Gasteiger partial charge in [0.15, 0.2) is 0 Å². The van der Waals surface area contributed by atoms with Crippen molar-refractivity contribution in [2.45, 2.75) is 32.4 Å².